The molecule has 0 aliphatic carbocycles. The molecule has 1 N–H and O–H groups in total. The molecule has 1 aliphatic heterocycles. The van der Waals surface area contributed by atoms with Crippen LogP contribution in [-0.4, -0.2) is 59.3 Å². The average Bonchev–Trinajstić information content (AvgIpc) is 2.71. The largest absolute Gasteiger partial charge is 0.379 e. The summed E-state index contributed by atoms with van der Waals surface area (Å²) in [6.07, 6.45) is 4.74. The number of nitrogens with one attached hydrogen (secondary N) is 1. The van der Waals surface area contributed by atoms with Crippen LogP contribution in [0.25, 0.3) is 0 Å². The Morgan fingerprint density at radius 2 is 1.89 bits per heavy atom. The summed E-state index contributed by atoms with van der Waals surface area (Å²) >= 11 is 5.77. The third-order valence-corrected chi connectivity index (χ3v) is 5.53. The number of nitrogens with zero attached hydrogens (tertiary/aromatic N) is 3. The lowest BCUT2D eigenvalue weighted by atomic mass is 10.1. The van der Waals surface area contributed by atoms with Gasteiger partial charge in [-0.1, -0.05) is 6.07 Å². The Bertz CT molecular complexity index is 762. The third-order valence-electron chi connectivity index (χ3n) is 5.17. The summed E-state index contributed by atoms with van der Waals surface area (Å²) in [7, 11) is 0. The number of hydrogen-bond acceptors (Lipinski definition) is 4. The fourth-order valence-electron chi connectivity index (χ4n) is 3.29. The van der Waals surface area contributed by atoms with E-state index in [2.05, 4.69) is 52.1 Å². The molecular weight excluding hydrogens is 368 g/mol. The molecule has 0 amide bonds. The Morgan fingerprint density at radius 1 is 1.14 bits per heavy atom. The van der Waals surface area contributed by atoms with Crippen molar-refractivity contribution in [2.75, 3.05) is 44.7 Å². The molecule has 0 unspecified atom stereocenters. The summed E-state index contributed by atoms with van der Waals surface area (Å²) in [5, 5.41) is 4.19. The molecule has 1 aromatic heterocycles. The molecule has 0 bridgehead atoms. The van der Waals surface area contributed by atoms with E-state index in [1.54, 1.807) is 0 Å². The van der Waals surface area contributed by atoms with Crippen molar-refractivity contribution in [1.82, 2.24) is 14.8 Å². The number of rotatable bonds is 7. The van der Waals surface area contributed by atoms with Crippen molar-refractivity contribution >= 4 is 23.0 Å². The van der Waals surface area contributed by atoms with Gasteiger partial charge in [-0.2, -0.15) is 0 Å². The molecule has 0 spiro atoms. The molecule has 150 valence electrons. The fourth-order valence-corrected chi connectivity index (χ4v) is 3.57. The van der Waals surface area contributed by atoms with Crippen LogP contribution in [-0.2, 0) is 11.3 Å². The number of aryl methyl sites for hydroxylation is 2. The molecular formula is C22H30N4OS. The van der Waals surface area contributed by atoms with Crippen LogP contribution in [0.4, 0.5) is 5.69 Å². The first-order valence-corrected chi connectivity index (χ1v) is 10.3. The summed E-state index contributed by atoms with van der Waals surface area (Å²) in [5.41, 5.74) is 4.81. The van der Waals surface area contributed by atoms with E-state index >= 15 is 0 Å². The van der Waals surface area contributed by atoms with E-state index in [0.717, 1.165) is 63.2 Å². The first-order valence-electron chi connectivity index (χ1n) is 9.94. The topological polar surface area (TPSA) is 40.6 Å². The number of hydrogen-bond donors (Lipinski definition) is 1. The highest BCUT2D eigenvalue weighted by atomic mass is 32.1. The Morgan fingerprint density at radius 3 is 2.61 bits per heavy atom. The van der Waals surface area contributed by atoms with Gasteiger partial charge in [0.05, 0.1) is 13.2 Å². The predicted octanol–water partition coefficient (Wildman–Crippen LogP) is 3.62. The molecule has 5 nitrogen and oxygen atoms in total. The van der Waals surface area contributed by atoms with Crippen LogP contribution in [0.15, 0.2) is 42.7 Å². The van der Waals surface area contributed by atoms with E-state index in [4.69, 9.17) is 17.0 Å². The van der Waals surface area contributed by atoms with Crippen molar-refractivity contribution < 1.29 is 4.74 Å². The molecule has 1 fully saturated rings. The van der Waals surface area contributed by atoms with Gasteiger partial charge >= 0.3 is 0 Å². The van der Waals surface area contributed by atoms with Gasteiger partial charge in [0, 0.05) is 50.8 Å². The smallest absolute Gasteiger partial charge is 0.173 e. The molecule has 1 aliphatic rings. The molecule has 3 rings (SSSR count). The number of pyridine rings is 1. The van der Waals surface area contributed by atoms with Gasteiger partial charge in [0.15, 0.2) is 5.11 Å². The molecule has 28 heavy (non-hydrogen) atoms. The quantitative estimate of drug-likeness (QED) is 0.719. The highest BCUT2D eigenvalue weighted by molar-refractivity contribution is 7.80. The highest BCUT2D eigenvalue weighted by Gasteiger charge is 2.14. The zero-order valence-corrected chi connectivity index (χ0v) is 17.7. The van der Waals surface area contributed by atoms with E-state index in [1.165, 1.54) is 16.7 Å². The van der Waals surface area contributed by atoms with E-state index in [-0.39, 0.29) is 0 Å². The number of benzene rings is 1. The predicted molar refractivity (Wildman–Crippen MR) is 119 cm³/mol. The van der Waals surface area contributed by atoms with E-state index in [9.17, 15) is 0 Å². The Labute approximate surface area is 173 Å². The zero-order valence-electron chi connectivity index (χ0n) is 16.9. The van der Waals surface area contributed by atoms with Gasteiger partial charge in [-0.25, -0.2) is 0 Å². The van der Waals surface area contributed by atoms with Crippen LogP contribution >= 0.6 is 12.2 Å². The minimum Gasteiger partial charge on any atom is -0.379 e. The van der Waals surface area contributed by atoms with Crippen molar-refractivity contribution in [2.24, 2.45) is 0 Å². The Balaban J connectivity index is 1.61. The Hall–Kier alpha value is -2.02. The summed E-state index contributed by atoms with van der Waals surface area (Å²) in [5.74, 6) is 0. The fraction of sp³-hybridized carbons (Fsp3) is 0.455. The van der Waals surface area contributed by atoms with Crippen molar-refractivity contribution in [1.29, 1.82) is 0 Å². The van der Waals surface area contributed by atoms with Crippen LogP contribution < -0.4 is 5.32 Å². The molecule has 1 aromatic carbocycles. The zero-order chi connectivity index (χ0) is 19.8. The van der Waals surface area contributed by atoms with Crippen LogP contribution in [0.5, 0.6) is 0 Å². The number of morpholine rings is 1. The number of aromatic nitrogens is 1. The van der Waals surface area contributed by atoms with Gasteiger partial charge in [-0.05, 0) is 73.4 Å². The van der Waals surface area contributed by atoms with Crippen LogP contribution in [0.2, 0.25) is 0 Å². The van der Waals surface area contributed by atoms with Gasteiger partial charge < -0.3 is 15.0 Å². The lowest BCUT2D eigenvalue weighted by Crippen LogP contribution is -2.40. The second kappa shape index (κ2) is 10.5. The van der Waals surface area contributed by atoms with Crippen LogP contribution in [0.3, 0.4) is 0 Å². The molecule has 1 saturated heterocycles. The van der Waals surface area contributed by atoms with Crippen LogP contribution in [0, 0.1) is 13.8 Å². The molecule has 6 heteroatoms. The van der Waals surface area contributed by atoms with Gasteiger partial charge in [0.25, 0.3) is 0 Å². The summed E-state index contributed by atoms with van der Waals surface area (Å²) in [6, 6.07) is 10.5. The van der Waals surface area contributed by atoms with Crippen LogP contribution in [0.1, 0.15) is 23.1 Å². The average molecular weight is 399 g/mol. The van der Waals surface area contributed by atoms with Gasteiger partial charge in [0.1, 0.15) is 0 Å². The minimum absolute atomic E-state index is 0.766. The van der Waals surface area contributed by atoms with E-state index in [0.29, 0.717) is 0 Å². The van der Waals surface area contributed by atoms with E-state index < -0.39 is 0 Å². The minimum atomic E-state index is 0.766. The first-order chi connectivity index (χ1) is 13.6. The summed E-state index contributed by atoms with van der Waals surface area (Å²) < 4.78 is 5.44. The maximum Gasteiger partial charge on any atom is 0.173 e. The second-order valence-electron chi connectivity index (χ2n) is 7.31. The van der Waals surface area contributed by atoms with Crippen molar-refractivity contribution in [3.63, 3.8) is 0 Å². The van der Waals surface area contributed by atoms with Crippen molar-refractivity contribution in [2.45, 2.75) is 26.8 Å². The van der Waals surface area contributed by atoms with E-state index in [1.807, 2.05) is 24.5 Å². The molecule has 2 aromatic rings. The SMILES string of the molecule is Cc1ccc(NC(=S)N(CCCN2CCOCC2)Cc2ccncc2)cc1C. The Kier molecular flexibility index (Phi) is 7.77. The monoisotopic (exact) mass is 398 g/mol. The molecule has 0 atom stereocenters. The third kappa shape index (κ3) is 6.26. The number of thiocarbonyl (C=S) groups is 1. The van der Waals surface area contributed by atoms with Gasteiger partial charge in [-0.3, -0.25) is 9.88 Å². The lowest BCUT2D eigenvalue weighted by molar-refractivity contribution is 0.0368. The highest BCUT2D eigenvalue weighted by Crippen LogP contribution is 2.16. The normalized spacial score (nSPS) is 14.6. The maximum atomic E-state index is 5.77. The molecule has 0 saturated carbocycles. The number of ether oxygens (including phenoxy) is 1. The van der Waals surface area contributed by atoms with Crippen molar-refractivity contribution in [3.05, 3.63) is 59.4 Å². The standard InChI is InChI=1S/C22H30N4OS/c1-18-4-5-21(16-19(18)2)24-22(28)26(17-20-6-8-23-9-7-20)11-3-10-25-12-14-27-15-13-25/h4-9,16H,3,10-15,17H2,1-2H3,(H,24,28). The lowest BCUT2D eigenvalue weighted by Gasteiger charge is -2.29. The summed E-state index contributed by atoms with van der Waals surface area (Å²) in [6.45, 7) is 10.7. The second-order valence-corrected chi connectivity index (χ2v) is 7.70. The van der Waals surface area contributed by atoms with Gasteiger partial charge in [-0.15, -0.1) is 0 Å². The molecule has 2 heterocycles. The van der Waals surface area contributed by atoms with Crippen molar-refractivity contribution in [3.8, 4) is 0 Å². The maximum absolute atomic E-state index is 5.77. The first kappa shape index (κ1) is 20.7. The number of anilines is 1. The van der Waals surface area contributed by atoms with Gasteiger partial charge in [0.2, 0.25) is 0 Å². The summed E-state index contributed by atoms with van der Waals surface area (Å²) in [4.78, 5) is 8.84. The molecule has 0 radical (unpaired) electrons.